The zero-order chi connectivity index (χ0) is 22.9. The standard InChI is InChI=1S/C27H28N4O2S/c32-27(21-10-6-18-33-21)31-16-14-30(15-17-31)25-24-20-9-4-5-11-22(20)34-26(24)29-23(28-25)13-12-19-7-2-1-3-8-19/h1-3,6-8,10,18H,4-5,9,11-17H2. The number of carbonyl (C=O) groups is 1. The Balaban J connectivity index is 1.29. The number of furan rings is 1. The van der Waals surface area contributed by atoms with Crippen LogP contribution in [0.1, 0.15) is 45.2 Å². The maximum Gasteiger partial charge on any atom is 0.289 e. The van der Waals surface area contributed by atoms with Crippen molar-refractivity contribution in [2.75, 3.05) is 31.1 Å². The molecule has 0 saturated carbocycles. The molecule has 0 bridgehead atoms. The number of piperazine rings is 1. The monoisotopic (exact) mass is 472 g/mol. The van der Waals surface area contributed by atoms with Gasteiger partial charge in [0.2, 0.25) is 0 Å². The zero-order valence-electron chi connectivity index (χ0n) is 19.2. The lowest BCUT2D eigenvalue weighted by Gasteiger charge is -2.35. The van der Waals surface area contributed by atoms with Crippen LogP contribution in [0.25, 0.3) is 10.2 Å². The van der Waals surface area contributed by atoms with Crippen LogP contribution < -0.4 is 4.90 Å². The van der Waals surface area contributed by atoms with Crippen LogP contribution in [-0.2, 0) is 25.7 Å². The second-order valence-electron chi connectivity index (χ2n) is 9.10. The molecule has 0 spiro atoms. The van der Waals surface area contributed by atoms with Gasteiger partial charge < -0.3 is 14.2 Å². The molecule has 0 radical (unpaired) electrons. The lowest BCUT2D eigenvalue weighted by molar-refractivity contribution is 0.0714. The Morgan fingerprint density at radius 2 is 1.76 bits per heavy atom. The first kappa shape index (κ1) is 21.4. The highest BCUT2D eigenvalue weighted by Gasteiger charge is 2.28. The van der Waals surface area contributed by atoms with Crippen LogP contribution in [0.15, 0.2) is 53.1 Å². The van der Waals surface area contributed by atoms with Gasteiger partial charge in [-0.15, -0.1) is 11.3 Å². The fourth-order valence-electron chi connectivity index (χ4n) is 5.10. The van der Waals surface area contributed by atoms with E-state index in [1.807, 2.05) is 16.2 Å². The Kier molecular flexibility index (Phi) is 5.79. The van der Waals surface area contributed by atoms with Gasteiger partial charge in [-0.1, -0.05) is 30.3 Å². The highest BCUT2D eigenvalue weighted by molar-refractivity contribution is 7.19. The molecule has 0 atom stereocenters. The fourth-order valence-corrected chi connectivity index (χ4v) is 6.37. The molecule has 34 heavy (non-hydrogen) atoms. The van der Waals surface area contributed by atoms with Crippen LogP contribution >= 0.6 is 11.3 Å². The lowest BCUT2D eigenvalue weighted by atomic mass is 9.96. The van der Waals surface area contributed by atoms with E-state index in [1.54, 1.807) is 18.4 Å². The van der Waals surface area contributed by atoms with Gasteiger partial charge in [-0.05, 0) is 55.4 Å². The number of aryl methyl sites for hydroxylation is 4. The third-order valence-electron chi connectivity index (χ3n) is 6.92. The van der Waals surface area contributed by atoms with E-state index in [4.69, 9.17) is 14.4 Å². The molecule has 0 unspecified atom stereocenters. The molecule has 1 amide bonds. The van der Waals surface area contributed by atoms with Crippen LogP contribution in [0.4, 0.5) is 5.82 Å². The summed E-state index contributed by atoms with van der Waals surface area (Å²) in [4.78, 5) is 29.8. The molecule has 3 aromatic heterocycles. The van der Waals surface area contributed by atoms with Gasteiger partial charge in [0, 0.05) is 37.5 Å². The van der Waals surface area contributed by atoms with Crippen molar-refractivity contribution in [3.8, 4) is 0 Å². The maximum atomic E-state index is 12.7. The minimum Gasteiger partial charge on any atom is -0.459 e. The average Bonchev–Trinajstić information content (AvgIpc) is 3.56. The molecule has 2 aliphatic rings. The molecule has 4 aromatic rings. The summed E-state index contributed by atoms with van der Waals surface area (Å²) in [7, 11) is 0. The van der Waals surface area contributed by atoms with Gasteiger partial charge in [-0.25, -0.2) is 9.97 Å². The summed E-state index contributed by atoms with van der Waals surface area (Å²) in [5.41, 5.74) is 2.77. The third-order valence-corrected chi connectivity index (χ3v) is 8.11. The molecular weight excluding hydrogens is 444 g/mol. The first-order valence-corrected chi connectivity index (χ1v) is 13.0. The van der Waals surface area contributed by atoms with Gasteiger partial charge in [-0.3, -0.25) is 4.79 Å². The Morgan fingerprint density at radius 3 is 2.56 bits per heavy atom. The Morgan fingerprint density at radius 1 is 0.941 bits per heavy atom. The molecule has 1 aliphatic carbocycles. The largest absolute Gasteiger partial charge is 0.459 e. The summed E-state index contributed by atoms with van der Waals surface area (Å²) >= 11 is 1.86. The van der Waals surface area contributed by atoms with Gasteiger partial charge in [0.05, 0.1) is 11.6 Å². The number of anilines is 1. The highest BCUT2D eigenvalue weighted by atomic mass is 32.1. The Labute approximate surface area is 203 Å². The molecule has 1 aromatic carbocycles. The van der Waals surface area contributed by atoms with E-state index in [2.05, 4.69) is 35.2 Å². The van der Waals surface area contributed by atoms with Crippen molar-refractivity contribution < 1.29 is 9.21 Å². The van der Waals surface area contributed by atoms with Crippen molar-refractivity contribution in [2.24, 2.45) is 0 Å². The van der Waals surface area contributed by atoms with E-state index in [1.165, 1.54) is 34.2 Å². The van der Waals surface area contributed by atoms with Crippen molar-refractivity contribution >= 4 is 33.3 Å². The second-order valence-corrected chi connectivity index (χ2v) is 10.2. The molecule has 174 valence electrons. The normalized spacial score (nSPS) is 16.1. The van der Waals surface area contributed by atoms with E-state index < -0.39 is 0 Å². The number of nitrogens with zero attached hydrogens (tertiary/aromatic N) is 4. The van der Waals surface area contributed by atoms with Gasteiger partial charge in [0.15, 0.2) is 5.76 Å². The summed E-state index contributed by atoms with van der Waals surface area (Å²) in [5, 5.41) is 1.26. The van der Waals surface area contributed by atoms with Crippen molar-refractivity contribution in [3.05, 3.63) is 76.3 Å². The summed E-state index contributed by atoms with van der Waals surface area (Å²) in [6.07, 6.45) is 8.08. The lowest BCUT2D eigenvalue weighted by Crippen LogP contribution is -2.49. The molecule has 0 N–H and O–H groups in total. The van der Waals surface area contributed by atoms with Gasteiger partial charge in [-0.2, -0.15) is 0 Å². The number of rotatable bonds is 5. The summed E-state index contributed by atoms with van der Waals surface area (Å²) in [5.74, 6) is 2.36. The van der Waals surface area contributed by atoms with E-state index in [0.29, 0.717) is 18.8 Å². The molecule has 1 fully saturated rings. The smallest absolute Gasteiger partial charge is 0.289 e. The number of amides is 1. The molecular formula is C27H28N4O2S. The van der Waals surface area contributed by atoms with Crippen LogP contribution in [0.2, 0.25) is 0 Å². The SMILES string of the molecule is O=C(c1ccco1)N1CCN(c2nc(CCc3ccccc3)nc3sc4c(c23)CCCC4)CC1. The summed E-state index contributed by atoms with van der Waals surface area (Å²) in [6.45, 7) is 2.86. The average molecular weight is 473 g/mol. The van der Waals surface area contributed by atoms with Crippen LogP contribution in [0.3, 0.4) is 0 Å². The van der Waals surface area contributed by atoms with Crippen molar-refractivity contribution in [1.82, 2.24) is 14.9 Å². The topological polar surface area (TPSA) is 62.5 Å². The van der Waals surface area contributed by atoms with Crippen LogP contribution in [-0.4, -0.2) is 47.0 Å². The number of carbonyl (C=O) groups excluding carboxylic acids is 1. The Hall–Kier alpha value is -3.19. The quantitative estimate of drug-likeness (QED) is 0.413. The number of hydrogen-bond acceptors (Lipinski definition) is 6. The molecule has 4 heterocycles. The second kappa shape index (κ2) is 9.22. The van der Waals surface area contributed by atoms with E-state index in [0.717, 1.165) is 55.2 Å². The predicted molar refractivity (Wildman–Crippen MR) is 135 cm³/mol. The minimum absolute atomic E-state index is 0.0334. The fraction of sp³-hybridized carbons (Fsp3) is 0.370. The number of thiophene rings is 1. The van der Waals surface area contributed by atoms with E-state index in [-0.39, 0.29) is 5.91 Å². The molecule has 1 saturated heterocycles. The summed E-state index contributed by atoms with van der Waals surface area (Å²) < 4.78 is 5.32. The van der Waals surface area contributed by atoms with Crippen LogP contribution in [0.5, 0.6) is 0 Å². The predicted octanol–water partition coefficient (Wildman–Crippen LogP) is 4.91. The van der Waals surface area contributed by atoms with Gasteiger partial charge in [0.1, 0.15) is 16.5 Å². The molecule has 1 aliphatic heterocycles. The number of fused-ring (bicyclic) bond motifs is 3. The van der Waals surface area contributed by atoms with Crippen molar-refractivity contribution in [1.29, 1.82) is 0 Å². The van der Waals surface area contributed by atoms with Crippen LogP contribution in [0, 0.1) is 0 Å². The van der Waals surface area contributed by atoms with Crippen molar-refractivity contribution in [2.45, 2.75) is 38.5 Å². The maximum absolute atomic E-state index is 12.7. The van der Waals surface area contributed by atoms with E-state index >= 15 is 0 Å². The summed E-state index contributed by atoms with van der Waals surface area (Å²) in [6, 6.07) is 14.0. The third kappa shape index (κ3) is 4.09. The van der Waals surface area contributed by atoms with E-state index in [9.17, 15) is 4.79 Å². The minimum atomic E-state index is -0.0334. The Bertz CT molecular complexity index is 1290. The number of benzene rings is 1. The van der Waals surface area contributed by atoms with Gasteiger partial charge in [0.25, 0.3) is 5.91 Å². The molecule has 6 nitrogen and oxygen atoms in total. The number of hydrogen-bond donors (Lipinski definition) is 0. The first-order valence-electron chi connectivity index (χ1n) is 12.2. The molecule has 7 heteroatoms. The van der Waals surface area contributed by atoms with Gasteiger partial charge >= 0.3 is 0 Å². The zero-order valence-corrected chi connectivity index (χ0v) is 20.0. The van der Waals surface area contributed by atoms with Crippen molar-refractivity contribution in [3.63, 3.8) is 0 Å². The highest BCUT2D eigenvalue weighted by Crippen LogP contribution is 2.40. The first-order chi connectivity index (χ1) is 16.8. The number of aromatic nitrogens is 2. The molecule has 6 rings (SSSR count).